The Morgan fingerprint density at radius 2 is 2.32 bits per heavy atom. The minimum atomic E-state index is -0.687. The van der Waals surface area contributed by atoms with Crippen molar-refractivity contribution in [2.45, 2.75) is 37.9 Å². The molecule has 5 heteroatoms. The van der Waals surface area contributed by atoms with E-state index in [0.717, 1.165) is 24.0 Å². The first-order valence-corrected chi connectivity index (χ1v) is 6.89. The van der Waals surface area contributed by atoms with Crippen molar-refractivity contribution in [1.82, 2.24) is 0 Å². The van der Waals surface area contributed by atoms with Crippen molar-refractivity contribution >= 4 is 23.2 Å². The van der Waals surface area contributed by atoms with Crippen molar-refractivity contribution in [1.29, 1.82) is 0 Å². The van der Waals surface area contributed by atoms with Crippen LogP contribution in [0.25, 0.3) is 0 Å². The van der Waals surface area contributed by atoms with E-state index in [-0.39, 0.29) is 17.9 Å². The van der Waals surface area contributed by atoms with Gasteiger partial charge in [0, 0.05) is 6.61 Å². The van der Waals surface area contributed by atoms with Gasteiger partial charge in [-0.15, -0.1) is 0 Å². The molecular formula is C14H16ClNO3. The molecule has 2 N–H and O–H groups in total. The molecule has 4 nitrogen and oxygen atoms in total. The molecule has 1 aromatic rings. The Kier molecular flexibility index (Phi) is 3.25. The maximum absolute atomic E-state index is 11.7. The van der Waals surface area contributed by atoms with Crippen LogP contribution in [0.4, 0.5) is 5.69 Å². The fourth-order valence-corrected chi connectivity index (χ4v) is 3.02. The van der Waals surface area contributed by atoms with E-state index in [9.17, 15) is 9.90 Å². The molecule has 2 aliphatic rings. The average molecular weight is 282 g/mol. The first kappa shape index (κ1) is 12.9. The van der Waals surface area contributed by atoms with Crippen LogP contribution in [0.5, 0.6) is 0 Å². The Balaban J connectivity index is 1.96. The molecule has 0 spiro atoms. The maximum atomic E-state index is 11.7. The lowest BCUT2D eigenvalue weighted by molar-refractivity contribution is -0.116. The van der Waals surface area contributed by atoms with E-state index in [1.165, 1.54) is 0 Å². The molecule has 0 aliphatic carbocycles. The molecule has 0 aromatic heterocycles. The number of nitrogens with one attached hydrogen (secondary N) is 1. The Morgan fingerprint density at radius 1 is 1.53 bits per heavy atom. The highest BCUT2D eigenvalue weighted by molar-refractivity contribution is 6.34. The van der Waals surface area contributed by atoms with Crippen LogP contribution in [0.3, 0.4) is 0 Å². The maximum Gasteiger partial charge on any atom is 0.231 e. The summed E-state index contributed by atoms with van der Waals surface area (Å²) in [5.74, 6) is -0.287. The number of carbonyl (C=O) groups is 1. The molecule has 0 bridgehead atoms. The van der Waals surface area contributed by atoms with Crippen molar-refractivity contribution in [3.63, 3.8) is 0 Å². The largest absolute Gasteiger partial charge is 0.386 e. The summed E-state index contributed by atoms with van der Waals surface area (Å²) in [6.07, 6.45) is 0.960. The minimum Gasteiger partial charge on any atom is -0.386 e. The number of aliphatic hydroxyl groups excluding tert-OH is 1. The number of carbonyl (C=O) groups excluding carboxylic acids is 1. The first-order valence-electron chi connectivity index (χ1n) is 6.52. The lowest BCUT2D eigenvalue weighted by Crippen LogP contribution is -2.17. The van der Waals surface area contributed by atoms with Gasteiger partial charge in [0.05, 0.1) is 22.7 Å². The number of hydrogen-bond donors (Lipinski definition) is 2. The third-order valence-corrected chi connectivity index (χ3v) is 4.21. The van der Waals surface area contributed by atoms with Gasteiger partial charge in [0.2, 0.25) is 5.91 Å². The summed E-state index contributed by atoms with van der Waals surface area (Å²) in [5.41, 5.74) is 2.24. The summed E-state index contributed by atoms with van der Waals surface area (Å²) in [4.78, 5) is 11.7. The Labute approximate surface area is 116 Å². The zero-order valence-corrected chi connectivity index (χ0v) is 11.4. The number of anilines is 1. The quantitative estimate of drug-likeness (QED) is 0.876. The van der Waals surface area contributed by atoms with Crippen LogP contribution >= 0.6 is 11.6 Å². The van der Waals surface area contributed by atoms with Gasteiger partial charge in [0.15, 0.2) is 0 Å². The second-order valence-corrected chi connectivity index (χ2v) is 5.58. The van der Waals surface area contributed by atoms with Gasteiger partial charge in [-0.3, -0.25) is 4.79 Å². The standard InChI is InChI=1S/C14H16ClNO3/c1-7-9-5-8(13(17)11-3-2-4-19-11)6-10(15)12(9)16-14(7)18/h5-7,11,13,17H,2-4H2,1H3,(H,16,18). The molecule has 1 saturated heterocycles. The molecule has 1 aromatic carbocycles. The summed E-state index contributed by atoms with van der Waals surface area (Å²) in [6.45, 7) is 2.52. The Hall–Kier alpha value is -1.10. The van der Waals surface area contributed by atoms with Gasteiger partial charge < -0.3 is 15.2 Å². The summed E-state index contributed by atoms with van der Waals surface area (Å²) in [7, 11) is 0. The van der Waals surface area contributed by atoms with Crippen molar-refractivity contribution < 1.29 is 14.6 Å². The topological polar surface area (TPSA) is 58.6 Å². The highest BCUT2D eigenvalue weighted by atomic mass is 35.5. The number of ether oxygens (including phenoxy) is 1. The van der Waals surface area contributed by atoms with E-state index >= 15 is 0 Å². The van der Waals surface area contributed by atoms with Gasteiger partial charge in [-0.1, -0.05) is 17.7 Å². The van der Waals surface area contributed by atoms with E-state index in [4.69, 9.17) is 16.3 Å². The molecule has 1 fully saturated rings. The molecule has 0 radical (unpaired) electrons. The van der Waals surface area contributed by atoms with E-state index in [1.54, 1.807) is 6.07 Å². The first-order chi connectivity index (χ1) is 9.08. The fourth-order valence-electron chi connectivity index (χ4n) is 2.73. The second kappa shape index (κ2) is 4.78. The van der Waals surface area contributed by atoms with Crippen molar-refractivity contribution in [2.24, 2.45) is 0 Å². The van der Waals surface area contributed by atoms with Gasteiger partial charge in [0.1, 0.15) is 6.10 Å². The number of fused-ring (bicyclic) bond motifs is 1. The van der Waals surface area contributed by atoms with E-state index in [2.05, 4.69) is 5.32 Å². The van der Waals surface area contributed by atoms with Gasteiger partial charge >= 0.3 is 0 Å². The summed E-state index contributed by atoms with van der Waals surface area (Å²) in [6, 6.07) is 3.57. The van der Waals surface area contributed by atoms with Crippen LogP contribution in [0.15, 0.2) is 12.1 Å². The van der Waals surface area contributed by atoms with Gasteiger partial charge in [-0.25, -0.2) is 0 Å². The van der Waals surface area contributed by atoms with Crippen LogP contribution in [-0.4, -0.2) is 23.7 Å². The van der Waals surface area contributed by atoms with Gasteiger partial charge in [-0.05, 0) is 37.0 Å². The van der Waals surface area contributed by atoms with Gasteiger partial charge in [-0.2, -0.15) is 0 Å². The number of halogens is 1. The molecule has 1 amide bonds. The lowest BCUT2D eigenvalue weighted by atomic mass is 9.95. The van der Waals surface area contributed by atoms with Crippen molar-refractivity contribution in [3.05, 3.63) is 28.3 Å². The lowest BCUT2D eigenvalue weighted by Gasteiger charge is -2.19. The fraction of sp³-hybridized carbons (Fsp3) is 0.500. The molecule has 3 unspecified atom stereocenters. The van der Waals surface area contributed by atoms with E-state index in [1.807, 2.05) is 13.0 Å². The zero-order chi connectivity index (χ0) is 13.6. The third kappa shape index (κ3) is 2.14. The highest BCUT2D eigenvalue weighted by Crippen LogP contribution is 2.40. The minimum absolute atomic E-state index is 0.0549. The summed E-state index contributed by atoms with van der Waals surface area (Å²) >= 11 is 6.19. The number of rotatable bonds is 2. The molecule has 19 heavy (non-hydrogen) atoms. The molecule has 102 valence electrons. The SMILES string of the molecule is CC1C(=O)Nc2c(Cl)cc(C(O)C3CCCO3)cc21. The Morgan fingerprint density at radius 3 is 3.00 bits per heavy atom. The van der Waals surface area contributed by atoms with Crippen molar-refractivity contribution in [2.75, 3.05) is 11.9 Å². The molecule has 3 atom stereocenters. The third-order valence-electron chi connectivity index (χ3n) is 3.91. The van der Waals surface area contributed by atoms with E-state index < -0.39 is 6.10 Å². The Bertz CT molecular complexity index is 526. The second-order valence-electron chi connectivity index (χ2n) is 5.17. The number of benzene rings is 1. The highest BCUT2D eigenvalue weighted by Gasteiger charge is 2.32. The molecule has 2 heterocycles. The number of aliphatic hydroxyl groups is 1. The average Bonchev–Trinajstić information content (AvgIpc) is 3.00. The molecule has 2 aliphatic heterocycles. The van der Waals surface area contributed by atoms with Crippen LogP contribution in [-0.2, 0) is 9.53 Å². The summed E-state index contributed by atoms with van der Waals surface area (Å²) < 4.78 is 5.50. The summed E-state index contributed by atoms with van der Waals surface area (Å²) in [5, 5.41) is 13.6. The van der Waals surface area contributed by atoms with Crippen LogP contribution in [0, 0.1) is 0 Å². The van der Waals surface area contributed by atoms with Gasteiger partial charge in [0.25, 0.3) is 0 Å². The van der Waals surface area contributed by atoms with Crippen molar-refractivity contribution in [3.8, 4) is 0 Å². The number of amides is 1. The predicted molar refractivity (Wildman–Crippen MR) is 72.4 cm³/mol. The molecular weight excluding hydrogens is 266 g/mol. The molecule has 0 saturated carbocycles. The van der Waals surface area contributed by atoms with Crippen LogP contribution in [0.2, 0.25) is 5.02 Å². The predicted octanol–water partition coefficient (Wildman–Crippen LogP) is 2.61. The number of hydrogen-bond acceptors (Lipinski definition) is 3. The monoisotopic (exact) mass is 281 g/mol. The smallest absolute Gasteiger partial charge is 0.231 e. The zero-order valence-electron chi connectivity index (χ0n) is 10.6. The van der Waals surface area contributed by atoms with E-state index in [0.29, 0.717) is 17.3 Å². The molecule has 3 rings (SSSR count). The normalized spacial score (nSPS) is 27.2. The van der Waals surface area contributed by atoms with Crippen LogP contribution < -0.4 is 5.32 Å². The van der Waals surface area contributed by atoms with Crippen LogP contribution in [0.1, 0.15) is 42.9 Å².